The first-order chi connectivity index (χ1) is 8.95. The van der Waals surface area contributed by atoms with Crippen molar-refractivity contribution in [3.63, 3.8) is 0 Å². The van der Waals surface area contributed by atoms with Gasteiger partial charge in [-0.15, -0.1) is 0 Å². The number of nitrogens with two attached hydrogens (primary N) is 1. The van der Waals surface area contributed by atoms with Gasteiger partial charge in [-0.25, -0.2) is 13.2 Å². The van der Waals surface area contributed by atoms with Crippen molar-refractivity contribution in [2.45, 2.75) is 19.4 Å². The number of aromatic nitrogens is 2. The van der Waals surface area contributed by atoms with Crippen molar-refractivity contribution in [3.8, 4) is 0 Å². The number of hydrogen-bond donors (Lipinski definition) is 1. The van der Waals surface area contributed by atoms with Gasteiger partial charge in [-0.05, 0) is 18.6 Å². The Morgan fingerprint density at radius 1 is 1.26 bits per heavy atom. The summed E-state index contributed by atoms with van der Waals surface area (Å²) in [6.07, 6.45) is 0.709. The summed E-state index contributed by atoms with van der Waals surface area (Å²) in [5.74, 6) is -4.00. The van der Waals surface area contributed by atoms with Crippen LogP contribution in [0.1, 0.15) is 29.9 Å². The minimum Gasteiger partial charge on any atom is -0.319 e. The summed E-state index contributed by atoms with van der Waals surface area (Å²) in [5.41, 5.74) is 7.17. The van der Waals surface area contributed by atoms with Crippen LogP contribution in [0.4, 0.5) is 13.2 Å². The maximum atomic E-state index is 13.7. The zero-order chi connectivity index (χ0) is 14.2. The smallest absolute Gasteiger partial charge is 0.194 e. The van der Waals surface area contributed by atoms with E-state index in [1.54, 1.807) is 13.1 Å². The molecule has 19 heavy (non-hydrogen) atoms. The van der Waals surface area contributed by atoms with E-state index in [0.717, 1.165) is 17.8 Å². The largest absolute Gasteiger partial charge is 0.319 e. The fraction of sp³-hybridized carbons (Fsp3) is 0.308. The van der Waals surface area contributed by atoms with Crippen LogP contribution in [0, 0.1) is 17.5 Å². The zero-order valence-electron chi connectivity index (χ0n) is 10.6. The highest BCUT2D eigenvalue weighted by molar-refractivity contribution is 5.30. The van der Waals surface area contributed by atoms with Crippen molar-refractivity contribution >= 4 is 0 Å². The molecule has 1 aromatic carbocycles. The predicted molar refractivity (Wildman–Crippen MR) is 64.9 cm³/mol. The Labute approximate surface area is 108 Å². The topological polar surface area (TPSA) is 43.8 Å². The Kier molecular flexibility index (Phi) is 3.61. The second-order valence-electron chi connectivity index (χ2n) is 4.28. The molecule has 3 nitrogen and oxygen atoms in total. The molecular weight excluding hydrogens is 255 g/mol. The van der Waals surface area contributed by atoms with Gasteiger partial charge < -0.3 is 5.73 Å². The van der Waals surface area contributed by atoms with Crippen molar-refractivity contribution < 1.29 is 13.2 Å². The van der Waals surface area contributed by atoms with Crippen LogP contribution in [0.2, 0.25) is 0 Å². The molecule has 0 amide bonds. The molecule has 1 unspecified atom stereocenters. The molecule has 0 fully saturated rings. The Bertz CT molecular complexity index is 607. The number of benzene rings is 1. The highest BCUT2D eigenvalue weighted by Crippen LogP contribution is 2.25. The lowest BCUT2D eigenvalue weighted by Crippen LogP contribution is -2.18. The molecule has 0 aliphatic rings. The Morgan fingerprint density at radius 2 is 1.95 bits per heavy atom. The van der Waals surface area contributed by atoms with E-state index in [0.29, 0.717) is 12.1 Å². The predicted octanol–water partition coefficient (Wildman–Crippen LogP) is 2.45. The molecule has 0 aliphatic carbocycles. The van der Waals surface area contributed by atoms with E-state index in [2.05, 4.69) is 5.10 Å². The summed E-state index contributed by atoms with van der Waals surface area (Å²) in [5, 5.41) is 4.19. The Hall–Kier alpha value is -1.82. The van der Waals surface area contributed by atoms with E-state index in [9.17, 15) is 13.2 Å². The van der Waals surface area contributed by atoms with Crippen LogP contribution in [-0.2, 0) is 13.5 Å². The average molecular weight is 269 g/mol. The van der Waals surface area contributed by atoms with Gasteiger partial charge in [0.15, 0.2) is 17.5 Å². The molecule has 2 N–H and O–H groups in total. The molecule has 2 rings (SSSR count). The molecule has 0 saturated carbocycles. The highest BCUT2D eigenvalue weighted by Gasteiger charge is 2.22. The third-order valence-electron chi connectivity index (χ3n) is 3.05. The van der Waals surface area contributed by atoms with Crippen molar-refractivity contribution in [3.05, 3.63) is 52.6 Å². The molecule has 0 aliphatic heterocycles. The van der Waals surface area contributed by atoms with Crippen LogP contribution < -0.4 is 5.73 Å². The summed E-state index contributed by atoms with van der Waals surface area (Å²) in [6, 6.07) is 2.85. The normalized spacial score (nSPS) is 12.7. The molecule has 1 heterocycles. The maximum Gasteiger partial charge on any atom is 0.194 e. The zero-order valence-corrected chi connectivity index (χ0v) is 10.6. The van der Waals surface area contributed by atoms with Crippen molar-refractivity contribution in [2.24, 2.45) is 12.8 Å². The SMILES string of the molecule is CCc1cc(C(N)c2ccc(F)c(F)c2F)n(C)n1. The van der Waals surface area contributed by atoms with Gasteiger partial charge in [0, 0.05) is 12.6 Å². The van der Waals surface area contributed by atoms with Gasteiger partial charge in [-0.3, -0.25) is 4.68 Å². The maximum absolute atomic E-state index is 13.7. The number of aryl methyl sites for hydroxylation is 2. The highest BCUT2D eigenvalue weighted by atomic mass is 19.2. The molecule has 0 bridgehead atoms. The van der Waals surface area contributed by atoms with Crippen LogP contribution in [-0.4, -0.2) is 9.78 Å². The second kappa shape index (κ2) is 5.05. The molecule has 1 atom stereocenters. The van der Waals surface area contributed by atoms with Crippen LogP contribution in [0.25, 0.3) is 0 Å². The molecule has 0 radical (unpaired) electrons. The van der Waals surface area contributed by atoms with E-state index in [1.165, 1.54) is 4.68 Å². The second-order valence-corrected chi connectivity index (χ2v) is 4.28. The summed E-state index contributed by atoms with van der Waals surface area (Å²) < 4.78 is 41.3. The quantitative estimate of drug-likeness (QED) is 0.870. The van der Waals surface area contributed by atoms with E-state index in [4.69, 9.17) is 5.73 Å². The summed E-state index contributed by atoms with van der Waals surface area (Å²) in [7, 11) is 1.67. The molecule has 2 aromatic rings. The summed E-state index contributed by atoms with van der Waals surface area (Å²) >= 11 is 0. The van der Waals surface area contributed by atoms with Gasteiger partial charge in [0.1, 0.15) is 0 Å². The molecule has 102 valence electrons. The van der Waals surface area contributed by atoms with E-state index < -0.39 is 23.5 Å². The fourth-order valence-electron chi connectivity index (χ4n) is 1.95. The summed E-state index contributed by atoms with van der Waals surface area (Å²) in [4.78, 5) is 0. The van der Waals surface area contributed by atoms with Crippen LogP contribution in [0.5, 0.6) is 0 Å². The minimum absolute atomic E-state index is 0.0930. The lowest BCUT2D eigenvalue weighted by atomic mass is 10.0. The lowest BCUT2D eigenvalue weighted by molar-refractivity contribution is 0.437. The molecule has 0 saturated heterocycles. The van der Waals surface area contributed by atoms with Gasteiger partial charge >= 0.3 is 0 Å². The third kappa shape index (κ3) is 2.35. The third-order valence-corrected chi connectivity index (χ3v) is 3.05. The summed E-state index contributed by atoms with van der Waals surface area (Å²) in [6.45, 7) is 1.93. The Balaban J connectivity index is 2.46. The first-order valence-electron chi connectivity index (χ1n) is 5.87. The van der Waals surface area contributed by atoms with E-state index in [-0.39, 0.29) is 5.56 Å². The number of halogens is 3. The van der Waals surface area contributed by atoms with E-state index in [1.807, 2.05) is 6.92 Å². The van der Waals surface area contributed by atoms with Crippen LogP contribution in [0.15, 0.2) is 18.2 Å². The van der Waals surface area contributed by atoms with Crippen LogP contribution in [0.3, 0.4) is 0 Å². The van der Waals surface area contributed by atoms with Gasteiger partial charge in [0.05, 0.1) is 17.4 Å². The van der Waals surface area contributed by atoms with Gasteiger partial charge in [-0.1, -0.05) is 13.0 Å². The van der Waals surface area contributed by atoms with Gasteiger partial charge in [-0.2, -0.15) is 5.10 Å². The Morgan fingerprint density at radius 3 is 2.53 bits per heavy atom. The van der Waals surface area contributed by atoms with Gasteiger partial charge in [0.25, 0.3) is 0 Å². The van der Waals surface area contributed by atoms with E-state index >= 15 is 0 Å². The van der Waals surface area contributed by atoms with Gasteiger partial charge in [0.2, 0.25) is 0 Å². The first kappa shape index (κ1) is 13.6. The molecule has 1 aromatic heterocycles. The molecular formula is C13H14F3N3. The van der Waals surface area contributed by atoms with Crippen LogP contribution >= 0.6 is 0 Å². The number of hydrogen-bond acceptors (Lipinski definition) is 2. The number of nitrogens with zero attached hydrogens (tertiary/aromatic N) is 2. The molecule has 6 heteroatoms. The minimum atomic E-state index is -1.51. The van der Waals surface area contributed by atoms with Crippen molar-refractivity contribution in [2.75, 3.05) is 0 Å². The fourth-order valence-corrected chi connectivity index (χ4v) is 1.95. The molecule has 0 spiro atoms. The lowest BCUT2D eigenvalue weighted by Gasteiger charge is -2.13. The number of rotatable bonds is 3. The first-order valence-corrected chi connectivity index (χ1v) is 5.87. The van der Waals surface area contributed by atoms with Crippen molar-refractivity contribution in [1.29, 1.82) is 0 Å². The monoisotopic (exact) mass is 269 g/mol. The average Bonchev–Trinajstić information content (AvgIpc) is 2.77. The van der Waals surface area contributed by atoms with Crippen molar-refractivity contribution in [1.82, 2.24) is 9.78 Å². The standard InChI is InChI=1S/C13H14F3N3/c1-3-7-6-10(19(2)18-7)13(17)8-4-5-9(14)12(16)11(8)15/h4-6,13H,3,17H2,1-2H3.